The van der Waals surface area contributed by atoms with Crippen LogP contribution in [-0.2, 0) is 6.42 Å². The van der Waals surface area contributed by atoms with Gasteiger partial charge in [0.05, 0.1) is 6.61 Å². The van der Waals surface area contributed by atoms with Crippen LogP contribution in [0.25, 0.3) is 0 Å². The minimum atomic E-state index is 0.171. The smallest absolute Gasteiger partial charge is 0.125 e. The van der Waals surface area contributed by atoms with Gasteiger partial charge in [-0.2, -0.15) is 11.8 Å². The van der Waals surface area contributed by atoms with Gasteiger partial charge in [-0.3, -0.25) is 0 Å². The van der Waals surface area contributed by atoms with Crippen LogP contribution in [0.4, 0.5) is 0 Å². The van der Waals surface area contributed by atoms with Crippen molar-refractivity contribution in [1.29, 1.82) is 0 Å². The summed E-state index contributed by atoms with van der Waals surface area (Å²) in [4.78, 5) is 0. The molecule has 0 bridgehead atoms. The first-order valence-corrected chi connectivity index (χ1v) is 7.00. The van der Waals surface area contributed by atoms with Crippen molar-refractivity contribution in [2.24, 2.45) is 5.73 Å². The van der Waals surface area contributed by atoms with E-state index in [4.69, 9.17) is 10.5 Å². The summed E-state index contributed by atoms with van der Waals surface area (Å²) in [5.41, 5.74) is 8.25. The van der Waals surface area contributed by atoms with E-state index in [0.717, 1.165) is 24.5 Å². The predicted octanol–water partition coefficient (Wildman–Crippen LogP) is 2.63. The topological polar surface area (TPSA) is 35.2 Å². The molecule has 0 amide bonds. The van der Waals surface area contributed by atoms with Crippen molar-refractivity contribution in [1.82, 2.24) is 0 Å². The van der Waals surface area contributed by atoms with Crippen molar-refractivity contribution in [3.05, 3.63) is 29.3 Å². The molecule has 2 nitrogen and oxygen atoms in total. The molecule has 0 aliphatic carbocycles. The zero-order valence-electron chi connectivity index (χ0n) is 10.3. The lowest BCUT2D eigenvalue weighted by Gasteiger charge is -2.15. The molecule has 0 aliphatic heterocycles. The average Bonchev–Trinajstić information content (AvgIpc) is 2.21. The van der Waals surface area contributed by atoms with Crippen LogP contribution in [0, 0.1) is 6.92 Å². The first-order valence-electron chi connectivity index (χ1n) is 5.61. The van der Waals surface area contributed by atoms with Gasteiger partial charge >= 0.3 is 0 Å². The van der Waals surface area contributed by atoms with E-state index in [0.29, 0.717) is 0 Å². The summed E-state index contributed by atoms with van der Waals surface area (Å²) in [5, 5.41) is 0. The van der Waals surface area contributed by atoms with Crippen molar-refractivity contribution in [3.63, 3.8) is 0 Å². The second kappa shape index (κ2) is 6.81. The van der Waals surface area contributed by atoms with Crippen molar-refractivity contribution in [2.75, 3.05) is 18.6 Å². The lowest BCUT2D eigenvalue weighted by molar-refractivity contribution is 0.337. The minimum absolute atomic E-state index is 0.171. The van der Waals surface area contributed by atoms with E-state index >= 15 is 0 Å². The van der Waals surface area contributed by atoms with Crippen LogP contribution in [0.2, 0.25) is 0 Å². The van der Waals surface area contributed by atoms with Crippen LogP contribution >= 0.6 is 11.8 Å². The minimum Gasteiger partial charge on any atom is -0.492 e. The summed E-state index contributed by atoms with van der Waals surface area (Å²) in [6, 6.07) is 6.42. The first-order chi connectivity index (χ1) is 7.65. The van der Waals surface area contributed by atoms with Gasteiger partial charge in [0.25, 0.3) is 0 Å². The van der Waals surface area contributed by atoms with Gasteiger partial charge in [0, 0.05) is 11.8 Å². The second-order valence-electron chi connectivity index (χ2n) is 4.09. The maximum atomic E-state index is 5.84. The van der Waals surface area contributed by atoms with Crippen molar-refractivity contribution in [2.45, 2.75) is 26.3 Å². The fourth-order valence-electron chi connectivity index (χ4n) is 1.65. The van der Waals surface area contributed by atoms with Crippen molar-refractivity contribution < 1.29 is 4.74 Å². The lowest BCUT2D eigenvalue weighted by Crippen LogP contribution is -2.18. The van der Waals surface area contributed by atoms with E-state index in [-0.39, 0.29) is 6.04 Å². The Morgan fingerprint density at radius 1 is 1.44 bits per heavy atom. The molecule has 0 aliphatic rings. The van der Waals surface area contributed by atoms with Gasteiger partial charge in [-0.1, -0.05) is 18.2 Å². The van der Waals surface area contributed by atoms with Gasteiger partial charge in [-0.15, -0.1) is 0 Å². The third-order valence-corrected chi connectivity index (χ3v) is 2.94. The molecule has 90 valence electrons. The maximum absolute atomic E-state index is 5.84. The van der Waals surface area contributed by atoms with E-state index in [1.165, 1.54) is 11.1 Å². The van der Waals surface area contributed by atoms with Gasteiger partial charge in [-0.05, 0) is 37.7 Å². The van der Waals surface area contributed by atoms with Gasteiger partial charge in [0.1, 0.15) is 5.75 Å². The number of aryl methyl sites for hydroxylation is 1. The number of hydrogen-bond donors (Lipinski definition) is 1. The summed E-state index contributed by atoms with van der Waals surface area (Å²) in [5.74, 6) is 2.04. The number of ether oxygens (including phenoxy) is 1. The molecule has 1 aromatic rings. The van der Waals surface area contributed by atoms with E-state index in [9.17, 15) is 0 Å². The highest BCUT2D eigenvalue weighted by Crippen LogP contribution is 2.24. The summed E-state index contributed by atoms with van der Waals surface area (Å²) in [7, 11) is 0. The molecule has 1 atom stereocenters. The number of hydrogen-bond acceptors (Lipinski definition) is 3. The highest BCUT2D eigenvalue weighted by atomic mass is 32.2. The second-order valence-corrected chi connectivity index (χ2v) is 5.07. The fraction of sp³-hybridized carbons (Fsp3) is 0.538. The summed E-state index contributed by atoms with van der Waals surface area (Å²) >= 11 is 1.80. The molecule has 1 unspecified atom stereocenters. The molecule has 0 saturated heterocycles. The highest BCUT2D eigenvalue weighted by Gasteiger charge is 2.08. The molecule has 0 fully saturated rings. The van der Waals surface area contributed by atoms with Crippen LogP contribution in [0.1, 0.15) is 18.1 Å². The number of benzene rings is 1. The van der Waals surface area contributed by atoms with Crippen LogP contribution in [-0.4, -0.2) is 24.7 Å². The van der Waals surface area contributed by atoms with Crippen molar-refractivity contribution >= 4 is 11.8 Å². The number of thioether (sulfide) groups is 1. The molecule has 0 saturated carbocycles. The maximum Gasteiger partial charge on any atom is 0.125 e. The third-order valence-electron chi connectivity index (χ3n) is 2.37. The fourth-order valence-corrected chi connectivity index (χ4v) is 1.90. The van der Waals surface area contributed by atoms with E-state index in [2.05, 4.69) is 31.4 Å². The molecule has 1 aromatic carbocycles. The monoisotopic (exact) mass is 239 g/mol. The predicted molar refractivity (Wildman–Crippen MR) is 72.4 cm³/mol. The highest BCUT2D eigenvalue weighted by molar-refractivity contribution is 7.98. The number of para-hydroxylation sites is 1. The van der Waals surface area contributed by atoms with Crippen LogP contribution in [0.3, 0.4) is 0 Å². The quantitative estimate of drug-likeness (QED) is 0.775. The molecule has 0 radical (unpaired) electrons. The Hall–Kier alpha value is -0.670. The Bertz CT molecular complexity index is 326. The zero-order valence-corrected chi connectivity index (χ0v) is 11.1. The third kappa shape index (κ3) is 4.06. The van der Waals surface area contributed by atoms with Gasteiger partial charge in [0.2, 0.25) is 0 Å². The van der Waals surface area contributed by atoms with Crippen LogP contribution in [0.15, 0.2) is 18.2 Å². The normalized spacial score (nSPS) is 12.5. The van der Waals surface area contributed by atoms with Crippen molar-refractivity contribution in [3.8, 4) is 5.75 Å². The molecular formula is C13H21NOS. The van der Waals surface area contributed by atoms with Gasteiger partial charge < -0.3 is 10.5 Å². The molecule has 16 heavy (non-hydrogen) atoms. The van der Waals surface area contributed by atoms with E-state index in [1.54, 1.807) is 11.8 Å². The zero-order chi connectivity index (χ0) is 12.0. The SMILES string of the molecule is CSCCOc1c(C)cccc1CC(C)N. The Labute approximate surface area is 103 Å². The molecule has 0 heterocycles. The summed E-state index contributed by atoms with van der Waals surface area (Å²) in [6.45, 7) is 4.87. The Kier molecular flexibility index (Phi) is 5.71. The molecule has 3 heteroatoms. The van der Waals surface area contributed by atoms with Crippen LogP contribution < -0.4 is 10.5 Å². The molecular weight excluding hydrogens is 218 g/mol. The summed E-state index contributed by atoms with van der Waals surface area (Å²) < 4.78 is 5.83. The number of rotatable bonds is 6. The average molecular weight is 239 g/mol. The first kappa shape index (κ1) is 13.4. The van der Waals surface area contributed by atoms with E-state index < -0.39 is 0 Å². The Balaban J connectivity index is 2.77. The molecule has 0 aromatic heterocycles. The molecule has 2 N–H and O–H groups in total. The summed E-state index contributed by atoms with van der Waals surface area (Å²) in [6.07, 6.45) is 2.96. The largest absolute Gasteiger partial charge is 0.492 e. The van der Waals surface area contributed by atoms with Crippen LogP contribution in [0.5, 0.6) is 5.75 Å². The van der Waals surface area contributed by atoms with Gasteiger partial charge in [0.15, 0.2) is 0 Å². The molecule has 1 rings (SSSR count). The standard InChI is InChI=1S/C13H21NOS/c1-10-5-4-6-12(9-11(2)14)13(10)15-7-8-16-3/h4-6,11H,7-9,14H2,1-3H3. The number of nitrogens with two attached hydrogens (primary N) is 1. The Morgan fingerprint density at radius 3 is 2.81 bits per heavy atom. The lowest BCUT2D eigenvalue weighted by atomic mass is 10.0. The Morgan fingerprint density at radius 2 is 2.19 bits per heavy atom. The molecule has 0 spiro atoms. The van der Waals surface area contributed by atoms with E-state index in [1.807, 2.05) is 6.92 Å². The van der Waals surface area contributed by atoms with Gasteiger partial charge in [-0.25, -0.2) is 0 Å².